The molecule has 1 rings (SSSR count). The molecule has 1 fully saturated rings. The molecule has 1 heterocycles. The second-order valence-corrected chi connectivity index (χ2v) is 4.81. The van der Waals surface area contributed by atoms with Gasteiger partial charge in [-0.05, 0) is 25.8 Å². The third-order valence-corrected chi connectivity index (χ3v) is 2.65. The molecule has 1 aliphatic heterocycles. The van der Waals surface area contributed by atoms with E-state index in [9.17, 15) is 0 Å². The summed E-state index contributed by atoms with van der Waals surface area (Å²) in [6.45, 7) is 7.36. The second-order valence-electron chi connectivity index (χ2n) is 4.81. The monoisotopic (exact) mass is 200 g/mol. The van der Waals surface area contributed by atoms with Crippen molar-refractivity contribution >= 4 is 0 Å². The van der Waals surface area contributed by atoms with Crippen LogP contribution < -0.4 is 5.73 Å². The Morgan fingerprint density at radius 3 is 2.50 bits per heavy atom. The predicted molar refractivity (Wildman–Crippen MR) is 59.3 cm³/mol. The van der Waals surface area contributed by atoms with Gasteiger partial charge < -0.3 is 15.4 Å². The Morgan fingerprint density at radius 2 is 2.00 bits per heavy atom. The third kappa shape index (κ3) is 3.95. The first-order chi connectivity index (χ1) is 6.61. The van der Waals surface area contributed by atoms with Crippen molar-refractivity contribution in [3.05, 3.63) is 0 Å². The minimum Gasteiger partial charge on any atom is -0.372 e. The number of likely N-dealkylation sites (N-methyl/N-ethyl adjacent to an activating group) is 1. The minimum atomic E-state index is 0.312. The smallest absolute Gasteiger partial charge is 0.0707 e. The molecule has 0 aromatic heterocycles. The van der Waals surface area contributed by atoms with Crippen LogP contribution in [0.5, 0.6) is 0 Å². The number of hydrogen-bond donors (Lipinski definition) is 1. The third-order valence-electron chi connectivity index (χ3n) is 2.65. The molecular weight excluding hydrogens is 176 g/mol. The summed E-state index contributed by atoms with van der Waals surface area (Å²) < 4.78 is 5.80. The lowest BCUT2D eigenvalue weighted by Crippen LogP contribution is -2.32. The van der Waals surface area contributed by atoms with Crippen molar-refractivity contribution in [2.24, 2.45) is 11.7 Å². The quantitative estimate of drug-likeness (QED) is 0.722. The van der Waals surface area contributed by atoms with E-state index in [-0.39, 0.29) is 0 Å². The Balaban J connectivity index is 2.18. The number of hydrogen-bond acceptors (Lipinski definition) is 3. The molecule has 0 amide bonds. The lowest BCUT2D eigenvalue weighted by atomic mass is 10.1. The largest absolute Gasteiger partial charge is 0.372 e. The summed E-state index contributed by atoms with van der Waals surface area (Å²) in [5.41, 5.74) is 5.57. The number of nitrogens with zero attached hydrogens (tertiary/aromatic N) is 1. The van der Waals surface area contributed by atoms with Gasteiger partial charge in [0, 0.05) is 19.6 Å². The van der Waals surface area contributed by atoms with E-state index in [0.717, 1.165) is 25.4 Å². The molecule has 0 spiro atoms. The first kappa shape index (κ1) is 12.0. The normalized spacial score (nSPS) is 27.9. The molecule has 14 heavy (non-hydrogen) atoms. The van der Waals surface area contributed by atoms with Gasteiger partial charge in [-0.15, -0.1) is 0 Å². The van der Waals surface area contributed by atoms with Crippen LogP contribution in [-0.2, 0) is 4.74 Å². The first-order valence-corrected chi connectivity index (χ1v) is 5.66. The van der Waals surface area contributed by atoms with Crippen molar-refractivity contribution in [1.82, 2.24) is 4.90 Å². The zero-order chi connectivity index (χ0) is 10.6. The van der Waals surface area contributed by atoms with Crippen LogP contribution in [0, 0.1) is 5.92 Å². The molecule has 2 N–H and O–H groups in total. The maximum absolute atomic E-state index is 5.80. The molecule has 84 valence electrons. The van der Waals surface area contributed by atoms with Gasteiger partial charge in [-0.1, -0.05) is 13.8 Å². The van der Waals surface area contributed by atoms with Crippen molar-refractivity contribution in [1.29, 1.82) is 0 Å². The Kier molecular flexibility index (Phi) is 4.85. The van der Waals surface area contributed by atoms with Crippen LogP contribution >= 0.6 is 0 Å². The van der Waals surface area contributed by atoms with Gasteiger partial charge in [-0.3, -0.25) is 0 Å². The van der Waals surface area contributed by atoms with E-state index in [0.29, 0.717) is 18.8 Å². The highest BCUT2D eigenvalue weighted by molar-refractivity contribution is 4.76. The molecule has 1 aliphatic rings. The zero-order valence-electron chi connectivity index (χ0n) is 9.70. The summed E-state index contributed by atoms with van der Waals surface area (Å²) in [6, 6.07) is 0. The Bertz CT molecular complexity index is 161. The molecule has 0 saturated carbocycles. The Hall–Kier alpha value is -0.120. The molecule has 0 aliphatic carbocycles. The molecular formula is C11H24N2O. The zero-order valence-corrected chi connectivity index (χ0v) is 9.70. The van der Waals surface area contributed by atoms with Crippen molar-refractivity contribution in [2.45, 2.75) is 38.9 Å². The van der Waals surface area contributed by atoms with Gasteiger partial charge in [0.2, 0.25) is 0 Å². The van der Waals surface area contributed by atoms with Gasteiger partial charge in [-0.2, -0.15) is 0 Å². The fourth-order valence-electron chi connectivity index (χ4n) is 2.13. The fourth-order valence-corrected chi connectivity index (χ4v) is 2.13. The van der Waals surface area contributed by atoms with E-state index in [1.165, 1.54) is 6.42 Å². The summed E-state index contributed by atoms with van der Waals surface area (Å²) >= 11 is 0. The van der Waals surface area contributed by atoms with Crippen LogP contribution in [0.1, 0.15) is 26.7 Å². The van der Waals surface area contributed by atoms with Crippen molar-refractivity contribution in [3.63, 3.8) is 0 Å². The Morgan fingerprint density at radius 1 is 1.36 bits per heavy atom. The lowest BCUT2D eigenvalue weighted by molar-refractivity contribution is 0.0302. The van der Waals surface area contributed by atoms with Gasteiger partial charge in [0.15, 0.2) is 0 Å². The van der Waals surface area contributed by atoms with Crippen LogP contribution in [0.4, 0.5) is 0 Å². The highest BCUT2D eigenvalue weighted by Crippen LogP contribution is 2.19. The van der Waals surface area contributed by atoms with Gasteiger partial charge in [0.05, 0.1) is 12.2 Å². The Labute approximate surface area is 87.6 Å². The minimum absolute atomic E-state index is 0.312. The van der Waals surface area contributed by atoms with Gasteiger partial charge in [0.25, 0.3) is 0 Å². The van der Waals surface area contributed by atoms with Gasteiger partial charge in [-0.25, -0.2) is 0 Å². The summed E-state index contributed by atoms with van der Waals surface area (Å²) in [6.07, 6.45) is 3.03. The van der Waals surface area contributed by atoms with Crippen LogP contribution in [0.15, 0.2) is 0 Å². The number of ether oxygens (including phenoxy) is 1. The fraction of sp³-hybridized carbons (Fsp3) is 1.00. The van der Waals surface area contributed by atoms with Crippen molar-refractivity contribution in [3.8, 4) is 0 Å². The second kappa shape index (κ2) is 5.69. The molecule has 2 atom stereocenters. The average Bonchev–Trinajstić information content (AvgIpc) is 2.50. The van der Waals surface area contributed by atoms with E-state index < -0.39 is 0 Å². The van der Waals surface area contributed by atoms with E-state index >= 15 is 0 Å². The maximum atomic E-state index is 5.80. The topological polar surface area (TPSA) is 38.5 Å². The molecule has 2 unspecified atom stereocenters. The van der Waals surface area contributed by atoms with Crippen molar-refractivity contribution < 1.29 is 4.74 Å². The summed E-state index contributed by atoms with van der Waals surface area (Å²) in [5.74, 6) is 0.728. The van der Waals surface area contributed by atoms with Gasteiger partial charge >= 0.3 is 0 Å². The highest BCUT2D eigenvalue weighted by atomic mass is 16.5. The van der Waals surface area contributed by atoms with E-state index in [4.69, 9.17) is 10.5 Å². The summed E-state index contributed by atoms with van der Waals surface area (Å²) in [7, 11) is 2.17. The molecule has 0 bridgehead atoms. The van der Waals surface area contributed by atoms with Crippen LogP contribution in [-0.4, -0.2) is 43.8 Å². The highest BCUT2D eigenvalue weighted by Gasteiger charge is 2.24. The summed E-state index contributed by atoms with van der Waals surface area (Å²) in [5, 5.41) is 0. The molecule has 3 nitrogen and oxygen atoms in total. The maximum Gasteiger partial charge on any atom is 0.0707 e. The number of nitrogens with two attached hydrogens (primary N) is 1. The molecule has 3 heteroatoms. The standard InChI is InChI=1S/C11H24N2O/c1-9(2)7-13(3)8-11-5-4-10(6-12)14-11/h9-11H,4-8,12H2,1-3H3. The lowest BCUT2D eigenvalue weighted by Gasteiger charge is -2.22. The van der Waals surface area contributed by atoms with Crippen LogP contribution in [0.2, 0.25) is 0 Å². The first-order valence-electron chi connectivity index (χ1n) is 5.66. The summed E-state index contributed by atoms with van der Waals surface area (Å²) in [4.78, 5) is 2.36. The van der Waals surface area contributed by atoms with E-state index in [1.807, 2.05) is 0 Å². The van der Waals surface area contributed by atoms with Crippen molar-refractivity contribution in [2.75, 3.05) is 26.7 Å². The van der Waals surface area contributed by atoms with E-state index in [2.05, 4.69) is 25.8 Å². The van der Waals surface area contributed by atoms with Gasteiger partial charge in [0.1, 0.15) is 0 Å². The SMILES string of the molecule is CC(C)CN(C)CC1CCC(CN)O1. The number of rotatable bonds is 5. The molecule has 0 radical (unpaired) electrons. The molecule has 0 aromatic carbocycles. The molecule has 1 saturated heterocycles. The van der Waals surface area contributed by atoms with E-state index in [1.54, 1.807) is 0 Å². The average molecular weight is 200 g/mol. The molecule has 0 aromatic rings. The van der Waals surface area contributed by atoms with Crippen LogP contribution in [0.3, 0.4) is 0 Å². The predicted octanol–water partition coefficient (Wildman–Crippen LogP) is 1.08. The van der Waals surface area contributed by atoms with Crippen LogP contribution in [0.25, 0.3) is 0 Å².